The standard InChI is InChI=1S/C30H29N3O8/c1-16-12-23(34)29-28(40-16)21(27(41-29)18-6-8-19(37-3)9-7-18)14-26(35)31-10-11-33-17(2)32-22-15-25(39-5)24(38-4)13-20(22)30(33)36/h6-9,12-13,15H,10-11,14H2,1-5H3,(H,31,35). The summed E-state index contributed by atoms with van der Waals surface area (Å²) in [6, 6.07) is 11.7. The Bertz CT molecular complexity index is 1880. The van der Waals surface area contributed by atoms with Crippen molar-refractivity contribution in [3.63, 3.8) is 0 Å². The molecule has 0 radical (unpaired) electrons. The number of carbonyl (C=O) groups is 1. The van der Waals surface area contributed by atoms with Gasteiger partial charge >= 0.3 is 0 Å². The Morgan fingerprint density at radius 1 is 0.927 bits per heavy atom. The molecule has 11 nitrogen and oxygen atoms in total. The molecular weight excluding hydrogens is 530 g/mol. The first-order chi connectivity index (χ1) is 19.7. The Hall–Kier alpha value is -5.06. The number of benzene rings is 2. The van der Waals surface area contributed by atoms with E-state index in [1.807, 2.05) is 0 Å². The molecule has 0 spiro atoms. The predicted molar refractivity (Wildman–Crippen MR) is 152 cm³/mol. The predicted octanol–water partition coefficient (Wildman–Crippen LogP) is 3.76. The zero-order valence-electron chi connectivity index (χ0n) is 23.3. The van der Waals surface area contributed by atoms with E-state index in [0.717, 1.165) is 0 Å². The van der Waals surface area contributed by atoms with Gasteiger partial charge in [0.25, 0.3) is 5.56 Å². The van der Waals surface area contributed by atoms with Crippen LogP contribution >= 0.6 is 0 Å². The van der Waals surface area contributed by atoms with Crippen molar-refractivity contribution in [3.8, 4) is 28.6 Å². The molecule has 0 unspecified atom stereocenters. The first-order valence-electron chi connectivity index (χ1n) is 12.8. The molecule has 1 amide bonds. The summed E-state index contributed by atoms with van der Waals surface area (Å²) in [6.45, 7) is 3.74. The Kier molecular flexibility index (Phi) is 7.52. The monoisotopic (exact) mass is 559 g/mol. The van der Waals surface area contributed by atoms with Crippen molar-refractivity contribution < 1.29 is 27.8 Å². The maximum Gasteiger partial charge on any atom is 0.261 e. The van der Waals surface area contributed by atoms with Crippen LogP contribution in [0.4, 0.5) is 0 Å². The summed E-state index contributed by atoms with van der Waals surface area (Å²) in [5.74, 6) is 2.47. The molecule has 3 heterocycles. The molecule has 0 aliphatic carbocycles. The molecule has 212 valence electrons. The number of nitrogens with zero attached hydrogens (tertiary/aromatic N) is 2. The van der Waals surface area contributed by atoms with Crippen molar-refractivity contribution in [1.82, 2.24) is 14.9 Å². The highest BCUT2D eigenvalue weighted by Crippen LogP contribution is 2.34. The highest BCUT2D eigenvalue weighted by Gasteiger charge is 2.23. The molecule has 1 N–H and O–H groups in total. The van der Waals surface area contributed by atoms with Crippen LogP contribution in [0.5, 0.6) is 17.2 Å². The van der Waals surface area contributed by atoms with Crippen LogP contribution in [-0.2, 0) is 17.8 Å². The zero-order chi connectivity index (χ0) is 29.3. The smallest absolute Gasteiger partial charge is 0.261 e. The molecule has 0 aliphatic heterocycles. The summed E-state index contributed by atoms with van der Waals surface area (Å²) in [4.78, 5) is 43.5. The summed E-state index contributed by atoms with van der Waals surface area (Å²) in [6.07, 6.45) is -0.110. The van der Waals surface area contributed by atoms with Crippen LogP contribution < -0.4 is 30.5 Å². The number of aromatic nitrogens is 2. The molecule has 0 saturated heterocycles. The Labute approximate surface area is 234 Å². The lowest BCUT2D eigenvalue weighted by molar-refractivity contribution is -0.120. The molecule has 0 aliphatic rings. The lowest BCUT2D eigenvalue weighted by Crippen LogP contribution is -2.33. The normalized spacial score (nSPS) is 11.1. The van der Waals surface area contributed by atoms with Gasteiger partial charge in [-0.05, 0) is 44.2 Å². The number of fused-ring (bicyclic) bond motifs is 2. The number of methoxy groups -OCH3 is 3. The molecule has 0 atom stereocenters. The lowest BCUT2D eigenvalue weighted by atomic mass is 10.1. The minimum absolute atomic E-state index is 0.0423. The van der Waals surface area contributed by atoms with Crippen molar-refractivity contribution in [2.24, 2.45) is 0 Å². The number of ether oxygens (including phenoxy) is 3. The Morgan fingerprint density at radius 2 is 1.63 bits per heavy atom. The van der Waals surface area contributed by atoms with Crippen LogP contribution in [0, 0.1) is 13.8 Å². The number of rotatable bonds is 9. The van der Waals surface area contributed by atoms with Crippen LogP contribution in [-0.4, -0.2) is 43.3 Å². The van der Waals surface area contributed by atoms with Gasteiger partial charge in [-0.2, -0.15) is 0 Å². The molecular formula is C30H29N3O8. The fraction of sp³-hybridized carbons (Fsp3) is 0.267. The van der Waals surface area contributed by atoms with Crippen molar-refractivity contribution >= 4 is 28.0 Å². The summed E-state index contributed by atoms with van der Waals surface area (Å²) < 4.78 is 29.1. The molecule has 41 heavy (non-hydrogen) atoms. The van der Waals surface area contributed by atoms with Crippen LogP contribution in [0.1, 0.15) is 17.1 Å². The van der Waals surface area contributed by atoms with E-state index in [2.05, 4.69) is 10.3 Å². The van der Waals surface area contributed by atoms with Crippen LogP contribution in [0.2, 0.25) is 0 Å². The summed E-state index contributed by atoms with van der Waals surface area (Å²) in [5, 5.41) is 3.23. The Balaban J connectivity index is 1.39. The van der Waals surface area contributed by atoms with Gasteiger partial charge < -0.3 is 28.4 Å². The second-order valence-electron chi connectivity index (χ2n) is 9.38. The van der Waals surface area contributed by atoms with E-state index in [-0.39, 0.29) is 47.6 Å². The third kappa shape index (κ3) is 5.25. The highest BCUT2D eigenvalue weighted by atomic mass is 16.5. The molecule has 5 aromatic rings. The van der Waals surface area contributed by atoms with Gasteiger partial charge in [0.1, 0.15) is 23.1 Å². The van der Waals surface area contributed by atoms with Crippen molar-refractivity contribution in [2.75, 3.05) is 27.9 Å². The topological polar surface area (TPSA) is 135 Å². The molecule has 0 saturated carbocycles. The first-order valence-corrected chi connectivity index (χ1v) is 12.8. The van der Waals surface area contributed by atoms with Gasteiger partial charge in [-0.25, -0.2) is 4.98 Å². The summed E-state index contributed by atoms with van der Waals surface area (Å²) >= 11 is 0. The van der Waals surface area contributed by atoms with E-state index < -0.39 is 0 Å². The van der Waals surface area contributed by atoms with E-state index in [1.165, 1.54) is 24.9 Å². The average Bonchev–Trinajstić information content (AvgIpc) is 3.32. The van der Waals surface area contributed by atoms with Crippen molar-refractivity contribution in [1.29, 1.82) is 0 Å². The van der Waals surface area contributed by atoms with Crippen LogP contribution in [0.25, 0.3) is 33.4 Å². The number of carbonyl (C=O) groups excluding carboxylic acids is 1. The van der Waals surface area contributed by atoms with Crippen molar-refractivity contribution in [2.45, 2.75) is 26.8 Å². The molecule has 11 heteroatoms. The average molecular weight is 560 g/mol. The van der Waals surface area contributed by atoms with E-state index in [1.54, 1.807) is 57.4 Å². The van der Waals surface area contributed by atoms with Gasteiger partial charge in [-0.3, -0.25) is 19.0 Å². The number of hydrogen-bond donors (Lipinski definition) is 1. The zero-order valence-corrected chi connectivity index (χ0v) is 23.3. The maximum absolute atomic E-state index is 13.3. The summed E-state index contributed by atoms with van der Waals surface area (Å²) in [5.41, 5.74) is 1.27. The van der Waals surface area contributed by atoms with Gasteiger partial charge in [-0.1, -0.05) is 0 Å². The molecule has 3 aromatic heterocycles. The molecule has 5 rings (SSSR count). The van der Waals surface area contributed by atoms with E-state index in [9.17, 15) is 14.4 Å². The molecule has 0 fully saturated rings. The summed E-state index contributed by atoms with van der Waals surface area (Å²) in [7, 11) is 4.58. The third-order valence-corrected chi connectivity index (χ3v) is 6.78. The highest BCUT2D eigenvalue weighted by molar-refractivity contribution is 5.90. The van der Waals surface area contributed by atoms with E-state index in [4.69, 9.17) is 23.0 Å². The fourth-order valence-electron chi connectivity index (χ4n) is 4.75. The van der Waals surface area contributed by atoms with Crippen molar-refractivity contribution in [3.05, 3.63) is 80.2 Å². The minimum atomic E-state index is -0.336. The maximum atomic E-state index is 13.3. The van der Waals surface area contributed by atoms with Crippen LogP contribution in [0.3, 0.4) is 0 Å². The first kappa shape index (κ1) is 27.5. The van der Waals surface area contributed by atoms with Gasteiger partial charge in [0.2, 0.25) is 16.9 Å². The largest absolute Gasteiger partial charge is 0.497 e. The minimum Gasteiger partial charge on any atom is -0.497 e. The SMILES string of the molecule is COc1ccc(-c2oc3c(=O)cc(C)oc3c2CC(=O)NCCn2c(C)nc3cc(OC)c(OC)cc3c2=O)cc1. The van der Waals surface area contributed by atoms with Gasteiger partial charge in [0.05, 0.1) is 44.2 Å². The molecule has 2 aromatic carbocycles. The Morgan fingerprint density at radius 3 is 2.32 bits per heavy atom. The van der Waals surface area contributed by atoms with Gasteiger partial charge in [0.15, 0.2) is 17.1 Å². The number of nitrogens with one attached hydrogen (secondary N) is 1. The van der Waals surface area contributed by atoms with Gasteiger partial charge in [0, 0.05) is 30.8 Å². The quantitative estimate of drug-likeness (QED) is 0.286. The number of amides is 1. The lowest BCUT2D eigenvalue weighted by Gasteiger charge is -2.13. The number of aryl methyl sites for hydroxylation is 2. The van der Waals surface area contributed by atoms with E-state index >= 15 is 0 Å². The number of furan rings is 1. The fourth-order valence-corrected chi connectivity index (χ4v) is 4.75. The third-order valence-electron chi connectivity index (χ3n) is 6.78. The second-order valence-corrected chi connectivity index (χ2v) is 9.38. The molecule has 0 bridgehead atoms. The van der Waals surface area contributed by atoms with Gasteiger partial charge in [-0.15, -0.1) is 0 Å². The number of hydrogen-bond acceptors (Lipinski definition) is 9. The van der Waals surface area contributed by atoms with E-state index in [0.29, 0.717) is 56.6 Å². The second kappa shape index (κ2) is 11.2. The van der Waals surface area contributed by atoms with Crippen LogP contribution in [0.15, 0.2) is 60.9 Å².